The van der Waals surface area contributed by atoms with Crippen LogP contribution in [0.3, 0.4) is 0 Å². The molecule has 0 unspecified atom stereocenters. The fraction of sp³-hybridized carbons (Fsp3) is 0.0625. The van der Waals surface area contributed by atoms with Crippen LogP contribution >= 0.6 is 31.9 Å². The second kappa shape index (κ2) is 6.86. The van der Waals surface area contributed by atoms with E-state index in [1.807, 2.05) is 37.3 Å². The molecule has 1 N–H and O–H groups in total. The molecule has 0 fully saturated rings. The number of carbonyl (C=O) groups is 1. The Morgan fingerprint density at radius 1 is 1.05 bits per heavy atom. The van der Waals surface area contributed by atoms with Crippen LogP contribution in [-0.4, -0.2) is 5.78 Å². The number of halogens is 2. The Hall–Kier alpha value is -1.39. The number of hydrogen-bond acceptors (Lipinski definition) is 2. The normalized spacial score (nSPS) is 10.8. The van der Waals surface area contributed by atoms with Crippen LogP contribution < -0.4 is 5.32 Å². The van der Waals surface area contributed by atoms with Crippen LogP contribution in [0, 0.1) is 6.92 Å². The third kappa shape index (κ3) is 4.05. The standard InChI is InChI=1S/C16H13Br2NO/c1-11-10-14(18)6-7-15(11)19-9-8-16(20)12-2-4-13(17)5-3-12/h2-10,19H,1H3. The summed E-state index contributed by atoms with van der Waals surface area (Å²) >= 11 is 6.77. The van der Waals surface area contributed by atoms with Gasteiger partial charge in [0.2, 0.25) is 0 Å². The predicted octanol–water partition coefficient (Wildman–Crippen LogP) is 5.33. The first-order valence-corrected chi connectivity index (χ1v) is 7.64. The zero-order valence-corrected chi connectivity index (χ0v) is 14.0. The number of rotatable bonds is 4. The molecule has 0 bridgehead atoms. The van der Waals surface area contributed by atoms with Gasteiger partial charge in [0.25, 0.3) is 0 Å². The first-order valence-electron chi connectivity index (χ1n) is 6.05. The van der Waals surface area contributed by atoms with E-state index >= 15 is 0 Å². The van der Waals surface area contributed by atoms with Crippen LogP contribution in [0.5, 0.6) is 0 Å². The molecule has 0 spiro atoms. The van der Waals surface area contributed by atoms with Crippen LogP contribution in [0.2, 0.25) is 0 Å². The SMILES string of the molecule is Cc1cc(Br)ccc1NC=CC(=O)c1ccc(Br)cc1. The average Bonchev–Trinajstić information content (AvgIpc) is 2.42. The van der Waals surface area contributed by atoms with E-state index < -0.39 is 0 Å². The highest BCUT2D eigenvalue weighted by molar-refractivity contribution is 9.10. The van der Waals surface area contributed by atoms with Gasteiger partial charge in [0.05, 0.1) is 0 Å². The van der Waals surface area contributed by atoms with E-state index in [9.17, 15) is 4.79 Å². The smallest absolute Gasteiger partial charge is 0.187 e. The number of aryl methyl sites for hydroxylation is 1. The van der Waals surface area contributed by atoms with Gasteiger partial charge in [-0.2, -0.15) is 0 Å². The lowest BCUT2D eigenvalue weighted by atomic mass is 10.1. The Balaban J connectivity index is 2.02. The topological polar surface area (TPSA) is 29.1 Å². The first-order chi connectivity index (χ1) is 9.56. The number of carbonyl (C=O) groups excluding carboxylic acids is 1. The summed E-state index contributed by atoms with van der Waals surface area (Å²) in [5, 5.41) is 3.12. The lowest BCUT2D eigenvalue weighted by molar-refractivity contribution is 0.104. The number of allylic oxidation sites excluding steroid dienone is 1. The molecule has 0 aliphatic heterocycles. The van der Waals surface area contributed by atoms with Crippen molar-refractivity contribution in [1.29, 1.82) is 0 Å². The van der Waals surface area contributed by atoms with Gasteiger partial charge in [0.1, 0.15) is 0 Å². The molecule has 0 radical (unpaired) electrons. The van der Waals surface area contributed by atoms with E-state index in [2.05, 4.69) is 37.2 Å². The van der Waals surface area contributed by atoms with Gasteiger partial charge in [-0.05, 0) is 55.0 Å². The van der Waals surface area contributed by atoms with Crippen LogP contribution in [-0.2, 0) is 0 Å². The summed E-state index contributed by atoms with van der Waals surface area (Å²) in [6.07, 6.45) is 3.20. The third-order valence-corrected chi connectivity index (χ3v) is 3.81. The van der Waals surface area contributed by atoms with Crippen molar-refractivity contribution < 1.29 is 4.79 Å². The number of hydrogen-bond donors (Lipinski definition) is 1. The minimum absolute atomic E-state index is 0.0280. The zero-order chi connectivity index (χ0) is 14.5. The molecule has 0 atom stereocenters. The quantitative estimate of drug-likeness (QED) is 0.560. The summed E-state index contributed by atoms with van der Waals surface area (Å²) in [6, 6.07) is 13.2. The number of anilines is 1. The molecule has 0 aromatic heterocycles. The van der Waals surface area contributed by atoms with Crippen molar-refractivity contribution in [2.24, 2.45) is 0 Å². The average molecular weight is 395 g/mol. The van der Waals surface area contributed by atoms with Gasteiger partial charge in [-0.3, -0.25) is 4.79 Å². The van der Waals surface area contributed by atoms with E-state index in [-0.39, 0.29) is 5.78 Å². The summed E-state index contributed by atoms with van der Waals surface area (Å²) in [4.78, 5) is 11.9. The van der Waals surface area contributed by atoms with Gasteiger partial charge in [-0.1, -0.05) is 31.9 Å². The maximum atomic E-state index is 11.9. The van der Waals surface area contributed by atoms with Crippen molar-refractivity contribution >= 4 is 43.3 Å². The Bertz CT molecular complexity index is 648. The molecule has 2 rings (SSSR count). The molecule has 0 saturated heterocycles. The fourth-order valence-electron chi connectivity index (χ4n) is 1.71. The van der Waals surface area contributed by atoms with E-state index in [1.165, 1.54) is 6.08 Å². The summed E-state index contributed by atoms with van der Waals surface area (Å²) < 4.78 is 2.00. The summed E-state index contributed by atoms with van der Waals surface area (Å²) in [6.45, 7) is 2.01. The molecule has 0 aliphatic carbocycles. The molecule has 0 aliphatic rings. The van der Waals surface area contributed by atoms with E-state index in [0.717, 1.165) is 20.2 Å². The molecule has 0 saturated carbocycles. The molecular formula is C16H13Br2NO. The van der Waals surface area contributed by atoms with E-state index in [1.54, 1.807) is 18.3 Å². The molecule has 2 aromatic rings. The Morgan fingerprint density at radius 3 is 2.35 bits per heavy atom. The second-order valence-electron chi connectivity index (χ2n) is 4.31. The number of nitrogens with one attached hydrogen (secondary N) is 1. The lowest BCUT2D eigenvalue weighted by Crippen LogP contribution is -1.96. The van der Waals surface area contributed by atoms with Crippen LogP contribution in [0.4, 0.5) is 5.69 Å². The van der Waals surface area contributed by atoms with Gasteiger partial charge in [-0.15, -0.1) is 0 Å². The summed E-state index contributed by atoms with van der Waals surface area (Å²) in [5.74, 6) is -0.0280. The minimum Gasteiger partial charge on any atom is -0.361 e. The highest BCUT2D eigenvalue weighted by Gasteiger charge is 2.01. The fourth-order valence-corrected chi connectivity index (χ4v) is 2.45. The first kappa shape index (κ1) is 15.0. The second-order valence-corrected chi connectivity index (χ2v) is 6.14. The molecule has 4 heteroatoms. The summed E-state index contributed by atoms with van der Waals surface area (Å²) in [7, 11) is 0. The maximum absolute atomic E-state index is 11.9. The molecule has 102 valence electrons. The highest BCUT2D eigenvalue weighted by atomic mass is 79.9. The minimum atomic E-state index is -0.0280. The Kier molecular flexibility index (Phi) is 5.15. The highest BCUT2D eigenvalue weighted by Crippen LogP contribution is 2.20. The van der Waals surface area contributed by atoms with Crippen molar-refractivity contribution in [2.75, 3.05) is 5.32 Å². The van der Waals surface area contributed by atoms with Gasteiger partial charge >= 0.3 is 0 Å². The van der Waals surface area contributed by atoms with Crippen LogP contribution in [0.15, 0.2) is 63.7 Å². The van der Waals surface area contributed by atoms with Crippen LogP contribution in [0.1, 0.15) is 15.9 Å². The molecule has 0 amide bonds. The van der Waals surface area contributed by atoms with E-state index in [0.29, 0.717) is 5.56 Å². The molecular weight excluding hydrogens is 382 g/mol. The van der Waals surface area contributed by atoms with E-state index in [4.69, 9.17) is 0 Å². The van der Waals surface area contributed by atoms with Gasteiger partial charge in [0, 0.05) is 32.5 Å². The molecule has 2 nitrogen and oxygen atoms in total. The van der Waals surface area contributed by atoms with Gasteiger partial charge in [-0.25, -0.2) is 0 Å². The molecule has 2 aromatic carbocycles. The van der Waals surface area contributed by atoms with Gasteiger partial charge in [0.15, 0.2) is 5.78 Å². The number of benzene rings is 2. The molecule has 0 heterocycles. The van der Waals surface area contributed by atoms with Gasteiger partial charge < -0.3 is 5.32 Å². The molecule has 20 heavy (non-hydrogen) atoms. The largest absolute Gasteiger partial charge is 0.361 e. The van der Waals surface area contributed by atoms with Crippen molar-refractivity contribution in [2.45, 2.75) is 6.92 Å². The third-order valence-electron chi connectivity index (χ3n) is 2.79. The number of ketones is 1. The summed E-state index contributed by atoms with van der Waals surface area (Å²) in [5.41, 5.74) is 2.76. The maximum Gasteiger partial charge on any atom is 0.187 e. The van der Waals surface area contributed by atoms with Crippen molar-refractivity contribution in [3.8, 4) is 0 Å². The monoisotopic (exact) mass is 393 g/mol. The lowest BCUT2D eigenvalue weighted by Gasteiger charge is -2.05. The van der Waals surface area contributed by atoms with Crippen molar-refractivity contribution in [1.82, 2.24) is 0 Å². The van der Waals surface area contributed by atoms with Crippen molar-refractivity contribution in [3.05, 3.63) is 74.8 Å². The Labute approximate surface area is 135 Å². The Morgan fingerprint density at radius 2 is 1.70 bits per heavy atom. The zero-order valence-electron chi connectivity index (χ0n) is 10.9. The van der Waals surface area contributed by atoms with Crippen molar-refractivity contribution in [3.63, 3.8) is 0 Å². The van der Waals surface area contributed by atoms with Crippen LogP contribution in [0.25, 0.3) is 0 Å². The predicted molar refractivity (Wildman–Crippen MR) is 90.1 cm³/mol.